The van der Waals surface area contributed by atoms with E-state index in [9.17, 15) is 28.3 Å². The van der Waals surface area contributed by atoms with E-state index in [0.717, 1.165) is 18.3 Å². The Morgan fingerprint density at radius 2 is 2.00 bits per heavy atom. The molecule has 2 aliphatic heterocycles. The molecule has 2 aromatic rings. The third-order valence-corrected chi connectivity index (χ3v) is 5.41. The second-order valence-electron chi connectivity index (χ2n) is 7.28. The Kier molecular flexibility index (Phi) is 5.02. The Morgan fingerprint density at radius 3 is 2.70 bits per heavy atom. The van der Waals surface area contributed by atoms with Crippen LogP contribution < -0.4 is 10.7 Å². The summed E-state index contributed by atoms with van der Waals surface area (Å²) < 4.78 is 34.4. The molecule has 0 bridgehead atoms. The van der Waals surface area contributed by atoms with Crippen molar-refractivity contribution in [1.82, 2.24) is 14.8 Å². The van der Waals surface area contributed by atoms with Crippen molar-refractivity contribution in [2.45, 2.75) is 38.7 Å². The average molecular weight is 419 g/mol. The number of nitrogens with one attached hydrogen (secondary N) is 1. The maximum absolute atomic E-state index is 13.8. The van der Waals surface area contributed by atoms with Gasteiger partial charge in [-0.15, -0.1) is 0 Å². The lowest BCUT2D eigenvalue weighted by Crippen LogP contribution is -2.57. The SMILES string of the molecule is C[C@@H]1CCO[C@H]2Cn3cc(C(=O)NCc4c(F)cccc4F)c(=O)c(O)c3C(=O)N12. The second-order valence-corrected chi connectivity index (χ2v) is 7.28. The molecule has 0 spiro atoms. The average Bonchev–Trinajstić information content (AvgIpc) is 2.70. The van der Waals surface area contributed by atoms with Gasteiger partial charge in [-0.1, -0.05) is 6.07 Å². The van der Waals surface area contributed by atoms with E-state index in [0.29, 0.717) is 13.0 Å². The molecule has 1 fully saturated rings. The Morgan fingerprint density at radius 1 is 1.30 bits per heavy atom. The van der Waals surface area contributed by atoms with Gasteiger partial charge in [0.1, 0.15) is 17.2 Å². The number of amides is 2. The molecule has 0 unspecified atom stereocenters. The van der Waals surface area contributed by atoms with Crippen molar-refractivity contribution in [2.24, 2.45) is 0 Å². The molecule has 2 N–H and O–H groups in total. The van der Waals surface area contributed by atoms with E-state index < -0.39 is 53.0 Å². The highest BCUT2D eigenvalue weighted by molar-refractivity contribution is 5.99. The molecule has 4 rings (SSSR count). The van der Waals surface area contributed by atoms with Gasteiger partial charge in [0, 0.05) is 24.3 Å². The summed E-state index contributed by atoms with van der Waals surface area (Å²) in [5, 5.41) is 12.6. The molecule has 1 aromatic heterocycles. The number of rotatable bonds is 3. The number of pyridine rings is 1. The fourth-order valence-electron chi connectivity index (χ4n) is 3.79. The molecule has 0 radical (unpaired) electrons. The normalized spacial score (nSPS) is 20.5. The topological polar surface area (TPSA) is 101 Å². The van der Waals surface area contributed by atoms with Crippen molar-refractivity contribution in [3.8, 4) is 5.75 Å². The Hall–Kier alpha value is -3.27. The standard InChI is InChI=1S/C20H19F2N3O5/c1-10-5-6-30-15-9-24-8-12(17(26)18(27)16(24)20(29)25(10)15)19(28)23-7-11-13(21)3-2-4-14(11)22/h2-4,8,10,15,27H,5-7,9H2,1H3,(H,23,28)/t10-,15+/m1/s1. The smallest absolute Gasteiger partial charge is 0.276 e. The van der Waals surface area contributed by atoms with Crippen LogP contribution in [-0.2, 0) is 17.8 Å². The van der Waals surface area contributed by atoms with Crippen molar-refractivity contribution < 1.29 is 28.2 Å². The molecule has 2 aliphatic rings. The number of carbonyl (C=O) groups excluding carboxylic acids is 2. The van der Waals surface area contributed by atoms with Gasteiger partial charge in [0.25, 0.3) is 11.8 Å². The number of nitrogens with zero attached hydrogens (tertiary/aromatic N) is 2. The van der Waals surface area contributed by atoms with E-state index in [1.165, 1.54) is 15.5 Å². The number of hydrogen-bond acceptors (Lipinski definition) is 5. The van der Waals surface area contributed by atoms with Crippen molar-refractivity contribution in [1.29, 1.82) is 0 Å². The van der Waals surface area contributed by atoms with Crippen molar-refractivity contribution in [3.63, 3.8) is 0 Å². The summed E-state index contributed by atoms with van der Waals surface area (Å²) in [6.07, 6.45) is 1.20. The summed E-state index contributed by atoms with van der Waals surface area (Å²) >= 11 is 0. The molecular formula is C20H19F2N3O5. The van der Waals surface area contributed by atoms with Crippen LogP contribution in [0.2, 0.25) is 0 Å². The zero-order chi connectivity index (χ0) is 21.6. The molecule has 158 valence electrons. The molecule has 30 heavy (non-hydrogen) atoms. The van der Waals surface area contributed by atoms with E-state index in [4.69, 9.17) is 4.74 Å². The van der Waals surface area contributed by atoms with E-state index in [-0.39, 0.29) is 23.8 Å². The number of aromatic nitrogens is 1. The third-order valence-electron chi connectivity index (χ3n) is 5.41. The first kappa shape index (κ1) is 20.0. The lowest BCUT2D eigenvalue weighted by molar-refractivity contribution is -0.112. The van der Waals surface area contributed by atoms with Crippen LogP contribution in [0, 0.1) is 11.6 Å². The first-order valence-electron chi connectivity index (χ1n) is 9.41. The maximum Gasteiger partial charge on any atom is 0.276 e. The molecular weight excluding hydrogens is 400 g/mol. The first-order valence-corrected chi connectivity index (χ1v) is 9.41. The highest BCUT2D eigenvalue weighted by Gasteiger charge is 2.41. The van der Waals surface area contributed by atoms with Gasteiger partial charge in [0.05, 0.1) is 13.2 Å². The van der Waals surface area contributed by atoms with Gasteiger partial charge < -0.3 is 24.6 Å². The molecule has 0 saturated carbocycles. The number of fused-ring (bicyclic) bond motifs is 2. The van der Waals surface area contributed by atoms with Crippen LogP contribution in [-0.4, -0.2) is 45.3 Å². The summed E-state index contributed by atoms with van der Waals surface area (Å²) in [5.41, 5.74) is -2.06. The van der Waals surface area contributed by atoms with Gasteiger partial charge in [-0.25, -0.2) is 8.78 Å². The minimum Gasteiger partial charge on any atom is -0.503 e. The summed E-state index contributed by atoms with van der Waals surface area (Å²) in [6, 6.07) is 3.16. The van der Waals surface area contributed by atoms with E-state index in [1.54, 1.807) is 0 Å². The zero-order valence-corrected chi connectivity index (χ0v) is 16.0. The van der Waals surface area contributed by atoms with Crippen LogP contribution in [0.4, 0.5) is 8.78 Å². The largest absolute Gasteiger partial charge is 0.503 e. The highest BCUT2D eigenvalue weighted by Crippen LogP contribution is 2.29. The van der Waals surface area contributed by atoms with Gasteiger partial charge >= 0.3 is 0 Å². The number of carbonyl (C=O) groups is 2. The fourth-order valence-corrected chi connectivity index (χ4v) is 3.79. The zero-order valence-electron chi connectivity index (χ0n) is 16.0. The fraction of sp³-hybridized carbons (Fsp3) is 0.350. The summed E-state index contributed by atoms with van der Waals surface area (Å²) in [7, 11) is 0. The molecule has 3 heterocycles. The molecule has 2 amide bonds. The van der Waals surface area contributed by atoms with Gasteiger partial charge in [0.2, 0.25) is 5.43 Å². The van der Waals surface area contributed by atoms with Gasteiger partial charge in [0.15, 0.2) is 17.7 Å². The molecule has 0 aliphatic carbocycles. The van der Waals surface area contributed by atoms with Crippen LogP contribution in [0.25, 0.3) is 0 Å². The number of hydrogen-bond donors (Lipinski definition) is 2. The van der Waals surface area contributed by atoms with Crippen LogP contribution in [0.15, 0.2) is 29.2 Å². The number of ether oxygens (including phenoxy) is 1. The summed E-state index contributed by atoms with van der Waals surface area (Å²) in [6.45, 7) is 1.94. The minimum atomic E-state index is -1.04. The third kappa shape index (κ3) is 3.22. The molecule has 2 atom stereocenters. The number of halogens is 2. The predicted octanol–water partition coefficient (Wildman–Crippen LogP) is 1.35. The monoisotopic (exact) mass is 419 g/mol. The van der Waals surface area contributed by atoms with Gasteiger partial charge in [-0.2, -0.15) is 0 Å². The van der Waals surface area contributed by atoms with Crippen molar-refractivity contribution in [3.05, 3.63) is 63.1 Å². The number of benzene rings is 1. The molecule has 1 aromatic carbocycles. The van der Waals surface area contributed by atoms with E-state index in [1.807, 2.05) is 6.92 Å². The van der Waals surface area contributed by atoms with Gasteiger partial charge in [-0.3, -0.25) is 14.4 Å². The molecule has 8 nitrogen and oxygen atoms in total. The van der Waals surface area contributed by atoms with Crippen LogP contribution >= 0.6 is 0 Å². The minimum absolute atomic E-state index is 0.126. The van der Waals surface area contributed by atoms with E-state index in [2.05, 4.69) is 5.32 Å². The lowest BCUT2D eigenvalue weighted by atomic mass is 10.1. The quantitative estimate of drug-likeness (QED) is 0.782. The Labute approximate surface area is 169 Å². The van der Waals surface area contributed by atoms with Gasteiger partial charge in [-0.05, 0) is 25.5 Å². The van der Waals surface area contributed by atoms with Crippen LogP contribution in [0.5, 0.6) is 5.75 Å². The van der Waals surface area contributed by atoms with Crippen LogP contribution in [0.1, 0.15) is 39.8 Å². The lowest BCUT2D eigenvalue weighted by Gasteiger charge is -2.44. The molecule has 10 heteroatoms. The first-order chi connectivity index (χ1) is 14.3. The van der Waals surface area contributed by atoms with E-state index >= 15 is 0 Å². The maximum atomic E-state index is 13.8. The highest BCUT2D eigenvalue weighted by atomic mass is 19.1. The van der Waals surface area contributed by atoms with Crippen LogP contribution in [0.3, 0.4) is 0 Å². The number of aromatic hydroxyl groups is 1. The van der Waals surface area contributed by atoms with Crippen molar-refractivity contribution in [2.75, 3.05) is 6.61 Å². The second kappa shape index (κ2) is 7.52. The summed E-state index contributed by atoms with van der Waals surface area (Å²) in [4.78, 5) is 39.4. The predicted molar refractivity (Wildman–Crippen MR) is 99.9 cm³/mol. The molecule has 1 saturated heterocycles. The summed E-state index contributed by atoms with van der Waals surface area (Å²) in [5.74, 6) is -4.01. The Balaban J connectivity index is 1.65. The van der Waals surface area contributed by atoms with Crippen molar-refractivity contribution >= 4 is 11.8 Å². The Bertz CT molecular complexity index is 1080.